The summed E-state index contributed by atoms with van der Waals surface area (Å²) in [6.45, 7) is 4.36. The van der Waals surface area contributed by atoms with Crippen LogP contribution in [0.25, 0.3) is 0 Å². The molecule has 0 bridgehead atoms. The summed E-state index contributed by atoms with van der Waals surface area (Å²) in [7, 11) is -4.31. The van der Waals surface area contributed by atoms with Crippen molar-refractivity contribution >= 4 is 10.1 Å². The summed E-state index contributed by atoms with van der Waals surface area (Å²) in [5.41, 5.74) is 0. The van der Waals surface area contributed by atoms with Gasteiger partial charge in [0.15, 0.2) is 0 Å². The molecule has 0 heterocycles. The van der Waals surface area contributed by atoms with Crippen molar-refractivity contribution in [3.8, 4) is 0 Å². The van der Waals surface area contributed by atoms with E-state index in [0.29, 0.717) is 12.8 Å². The first kappa shape index (κ1) is 29.1. The van der Waals surface area contributed by atoms with Gasteiger partial charge in [0.05, 0.1) is 21.5 Å². The predicted molar refractivity (Wildman–Crippen MR) is 105 cm³/mol. The third-order valence-corrected chi connectivity index (χ3v) is 6.21. The van der Waals surface area contributed by atoms with E-state index in [9.17, 15) is 18.1 Å². The molecule has 0 rings (SSSR count). The first-order valence-corrected chi connectivity index (χ1v) is 12.0. The van der Waals surface area contributed by atoms with Crippen LogP contribution >= 0.6 is 0 Å². The Kier molecular flexibility index (Phi) is 21.5. The fraction of sp³-hybridized carbons (Fsp3) is 1.00. The average molecular weight is 401 g/mol. The molecular formula is C20H41NaO4S. The van der Waals surface area contributed by atoms with Crippen molar-refractivity contribution in [1.82, 2.24) is 0 Å². The van der Waals surface area contributed by atoms with Crippen molar-refractivity contribution < 1.29 is 47.6 Å². The van der Waals surface area contributed by atoms with Crippen LogP contribution in [0.2, 0.25) is 0 Å². The van der Waals surface area contributed by atoms with E-state index < -0.39 is 21.5 Å². The third kappa shape index (κ3) is 18.2. The fourth-order valence-corrected chi connectivity index (χ4v) is 4.20. The van der Waals surface area contributed by atoms with E-state index in [4.69, 9.17) is 0 Å². The maximum Gasteiger partial charge on any atom is 1.00 e. The zero-order chi connectivity index (χ0) is 19.0. The van der Waals surface area contributed by atoms with Crippen molar-refractivity contribution in [2.45, 2.75) is 128 Å². The number of hydrogen-bond acceptors (Lipinski definition) is 4. The van der Waals surface area contributed by atoms with Gasteiger partial charge in [-0.2, -0.15) is 0 Å². The summed E-state index contributed by atoms with van der Waals surface area (Å²) >= 11 is 0. The second kappa shape index (κ2) is 19.2. The van der Waals surface area contributed by atoms with Gasteiger partial charge in [-0.05, 0) is 19.3 Å². The Hall–Kier alpha value is 0.870. The second-order valence-electron chi connectivity index (χ2n) is 7.47. The number of rotatable bonds is 18. The molecular weight excluding hydrogens is 359 g/mol. The van der Waals surface area contributed by atoms with Crippen LogP contribution in [-0.4, -0.2) is 29.4 Å². The Bertz CT molecular complexity index is 387. The first-order chi connectivity index (χ1) is 11.9. The van der Waals surface area contributed by atoms with Gasteiger partial charge in [0.25, 0.3) is 0 Å². The van der Waals surface area contributed by atoms with Gasteiger partial charge in [0.1, 0.15) is 0 Å². The maximum atomic E-state index is 11.4. The molecule has 0 radical (unpaired) electrons. The molecule has 0 aliphatic rings. The van der Waals surface area contributed by atoms with Crippen LogP contribution in [0, 0.1) is 0 Å². The van der Waals surface area contributed by atoms with E-state index in [0.717, 1.165) is 32.1 Å². The molecule has 0 saturated carbocycles. The van der Waals surface area contributed by atoms with E-state index >= 15 is 0 Å². The monoisotopic (exact) mass is 400 g/mol. The van der Waals surface area contributed by atoms with E-state index in [2.05, 4.69) is 13.8 Å². The predicted octanol–water partition coefficient (Wildman–Crippen LogP) is 2.55. The molecule has 4 nitrogen and oxygen atoms in total. The second-order valence-corrected chi connectivity index (χ2v) is 9.12. The molecule has 26 heavy (non-hydrogen) atoms. The van der Waals surface area contributed by atoms with Crippen LogP contribution < -0.4 is 29.6 Å². The molecule has 2 unspecified atom stereocenters. The molecule has 0 aromatic carbocycles. The number of unbranched alkanes of at least 4 members (excludes halogenated alkanes) is 11. The molecule has 0 saturated heterocycles. The van der Waals surface area contributed by atoms with Crippen molar-refractivity contribution in [3.63, 3.8) is 0 Å². The van der Waals surface area contributed by atoms with E-state index in [-0.39, 0.29) is 36.0 Å². The van der Waals surface area contributed by atoms with Gasteiger partial charge >= 0.3 is 29.6 Å². The SMILES string of the molecule is CCCCCCCCCC(O)CC(CCCCCCCC)S(=O)(=O)[O-].[Na+]. The van der Waals surface area contributed by atoms with Crippen molar-refractivity contribution in [3.05, 3.63) is 0 Å². The standard InChI is InChI=1S/C20H42O4S.Na/c1-3-5-7-9-11-12-14-16-19(21)18-20(25(22,23)24)17-15-13-10-8-6-4-2;/h19-21H,3-18H2,1-2H3,(H,22,23,24);/q;+1/p-1. The molecule has 0 fully saturated rings. The minimum absolute atomic E-state index is 0. The normalized spacial score (nSPS) is 14.0. The Morgan fingerprint density at radius 2 is 1.12 bits per heavy atom. The molecule has 0 aliphatic carbocycles. The number of aliphatic hydroxyl groups is 1. The Labute approximate surface area is 185 Å². The zero-order valence-corrected chi connectivity index (χ0v) is 20.4. The van der Waals surface area contributed by atoms with Gasteiger partial charge in [-0.3, -0.25) is 0 Å². The third-order valence-electron chi connectivity index (χ3n) is 4.96. The summed E-state index contributed by atoms with van der Waals surface area (Å²) in [5, 5.41) is 9.17. The van der Waals surface area contributed by atoms with Crippen molar-refractivity contribution in [2.24, 2.45) is 0 Å². The zero-order valence-electron chi connectivity index (χ0n) is 17.5. The molecule has 6 heteroatoms. The average Bonchev–Trinajstić information content (AvgIpc) is 2.55. The van der Waals surface area contributed by atoms with Crippen LogP contribution in [0.1, 0.15) is 117 Å². The van der Waals surface area contributed by atoms with Crippen LogP contribution in [0.3, 0.4) is 0 Å². The quantitative estimate of drug-likeness (QED) is 0.218. The molecule has 0 aromatic rings. The van der Waals surface area contributed by atoms with Crippen molar-refractivity contribution in [2.75, 3.05) is 0 Å². The van der Waals surface area contributed by atoms with Crippen LogP contribution in [0.15, 0.2) is 0 Å². The Morgan fingerprint density at radius 3 is 1.54 bits per heavy atom. The summed E-state index contributed by atoms with van der Waals surface area (Å²) in [6.07, 6.45) is 15.0. The summed E-state index contributed by atoms with van der Waals surface area (Å²) in [5.74, 6) is 0. The van der Waals surface area contributed by atoms with Gasteiger partial charge in [0, 0.05) is 0 Å². The number of hydrogen-bond donors (Lipinski definition) is 1. The van der Waals surface area contributed by atoms with Gasteiger partial charge in [-0.15, -0.1) is 0 Å². The molecule has 0 spiro atoms. The minimum atomic E-state index is -4.31. The van der Waals surface area contributed by atoms with Crippen LogP contribution in [0.4, 0.5) is 0 Å². The van der Waals surface area contributed by atoms with Gasteiger partial charge in [-0.1, -0.05) is 97.3 Å². The molecule has 2 atom stereocenters. The largest absolute Gasteiger partial charge is 1.00 e. The summed E-state index contributed by atoms with van der Waals surface area (Å²) < 4.78 is 34.3. The van der Waals surface area contributed by atoms with Crippen LogP contribution in [0.5, 0.6) is 0 Å². The molecule has 0 aliphatic heterocycles. The first-order valence-electron chi connectivity index (χ1n) is 10.5. The maximum absolute atomic E-state index is 11.4. The molecule has 152 valence electrons. The number of aliphatic hydroxyl groups excluding tert-OH is 1. The van der Waals surface area contributed by atoms with Gasteiger partial charge in [0.2, 0.25) is 0 Å². The smallest absolute Gasteiger partial charge is 0.748 e. The Balaban J connectivity index is 0. The molecule has 0 aromatic heterocycles. The van der Waals surface area contributed by atoms with Gasteiger partial charge < -0.3 is 9.66 Å². The van der Waals surface area contributed by atoms with E-state index in [1.165, 1.54) is 51.4 Å². The summed E-state index contributed by atoms with van der Waals surface area (Å²) in [4.78, 5) is 0. The molecule has 0 amide bonds. The fourth-order valence-electron chi connectivity index (χ4n) is 3.29. The summed E-state index contributed by atoms with van der Waals surface area (Å²) in [6, 6.07) is 0. The van der Waals surface area contributed by atoms with E-state index in [1.807, 2.05) is 0 Å². The topological polar surface area (TPSA) is 77.4 Å². The van der Waals surface area contributed by atoms with Crippen molar-refractivity contribution in [1.29, 1.82) is 0 Å². The van der Waals surface area contributed by atoms with Gasteiger partial charge in [-0.25, -0.2) is 8.42 Å². The minimum Gasteiger partial charge on any atom is -0.748 e. The van der Waals surface area contributed by atoms with Crippen LogP contribution in [-0.2, 0) is 10.1 Å². The van der Waals surface area contributed by atoms with E-state index in [1.54, 1.807) is 0 Å². The Morgan fingerprint density at radius 1 is 0.731 bits per heavy atom. The molecule has 1 N–H and O–H groups in total.